The number of Topliss-reactive ketones (excluding diaryl/α,β-unsaturated/α-hetero) is 1. The van der Waals surface area contributed by atoms with E-state index in [1.165, 1.54) is 0 Å². The van der Waals surface area contributed by atoms with Crippen LogP contribution in [0.3, 0.4) is 0 Å². The Balaban J connectivity index is 2.11. The highest BCUT2D eigenvalue weighted by Gasteiger charge is 2.03. The Kier molecular flexibility index (Phi) is 2.71. The highest BCUT2D eigenvalue weighted by Crippen LogP contribution is 2.08. The van der Waals surface area contributed by atoms with E-state index in [0.717, 1.165) is 24.0 Å². The zero-order chi connectivity index (χ0) is 10.7. The molecule has 2 rings (SSSR count). The minimum Gasteiger partial charge on any atom is -0.300 e. The number of ketones is 1. The van der Waals surface area contributed by atoms with E-state index >= 15 is 0 Å². The van der Waals surface area contributed by atoms with E-state index in [2.05, 4.69) is 15.3 Å². The van der Waals surface area contributed by atoms with Crippen LogP contribution in [0.25, 0.3) is 11.0 Å². The molecule has 0 fully saturated rings. The first-order valence-corrected chi connectivity index (χ1v) is 4.90. The highest BCUT2D eigenvalue weighted by atomic mass is 16.1. The van der Waals surface area contributed by atoms with Gasteiger partial charge >= 0.3 is 0 Å². The Morgan fingerprint density at radius 2 is 2.40 bits per heavy atom. The minimum atomic E-state index is 0.209. The summed E-state index contributed by atoms with van der Waals surface area (Å²) in [5.41, 5.74) is 1.76. The van der Waals surface area contributed by atoms with Gasteiger partial charge < -0.3 is 4.79 Å². The van der Waals surface area contributed by atoms with Gasteiger partial charge in [0.1, 0.15) is 11.3 Å². The summed E-state index contributed by atoms with van der Waals surface area (Å²) in [6.07, 6.45) is 4.79. The average Bonchev–Trinajstić information content (AvgIpc) is 2.62. The Morgan fingerprint density at radius 3 is 3.20 bits per heavy atom. The number of rotatable bonds is 4. The molecule has 0 amide bonds. The van der Waals surface area contributed by atoms with Crippen LogP contribution in [0, 0.1) is 0 Å². The van der Waals surface area contributed by atoms with E-state index < -0.39 is 0 Å². The standard InChI is InChI=1S/C10H12N4O/c1-8(15)3-2-6-14-10-4-5-11-7-9(10)12-13-14/h4-5,7H,2-3,6H2,1H3. The van der Waals surface area contributed by atoms with Gasteiger partial charge in [-0.15, -0.1) is 5.10 Å². The summed E-state index contributed by atoms with van der Waals surface area (Å²) in [5, 5.41) is 7.99. The molecule has 0 saturated carbocycles. The van der Waals surface area contributed by atoms with Crippen molar-refractivity contribution in [3.8, 4) is 0 Å². The molecule has 0 spiro atoms. The topological polar surface area (TPSA) is 60.7 Å². The van der Waals surface area contributed by atoms with Crippen LogP contribution in [-0.2, 0) is 11.3 Å². The van der Waals surface area contributed by atoms with Crippen molar-refractivity contribution in [1.82, 2.24) is 20.0 Å². The minimum absolute atomic E-state index is 0.209. The Morgan fingerprint density at radius 1 is 1.53 bits per heavy atom. The van der Waals surface area contributed by atoms with Gasteiger partial charge in [0, 0.05) is 19.2 Å². The van der Waals surface area contributed by atoms with Gasteiger partial charge in [-0.1, -0.05) is 5.21 Å². The van der Waals surface area contributed by atoms with Crippen molar-refractivity contribution in [1.29, 1.82) is 0 Å². The van der Waals surface area contributed by atoms with Gasteiger partial charge in [-0.25, -0.2) is 4.68 Å². The first kappa shape index (κ1) is 9.76. The molecule has 0 bridgehead atoms. The summed E-state index contributed by atoms with van der Waals surface area (Å²) >= 11 is 0. The third-order valence-electron chi connectivity index (χ3n) is 2.21. The smallest absolute Gasteiger partial charge is 0.131 e. The lowest BCUT2D eigenvalue weighted by atomic mass is 10.2. The Bertz CT molecular complexity index is 477. The molecule has 2 heterocycles. The summed E-state index contributed by atoms with van der Waals surface area (Å²) < 4.78 is 1.81. The van der Waals surface area contributed by atoms with Crippen LogP contribution in [0.2, 0.25) is 0 Å². The average molecular weight is 204 g/mol. The summed E-state index contributed by atoms with van der Waals surface area (Å²) in [5.74, 6) is 0.209. The summed E-state index contributed by atoms with van der Waals surface area (Å²) in [6.45, 7) is 2.32. The van der Waals surface area contributed by atoms with E-state index in [1.807, 2.05) is 6.07 Å². The predicted octanol–water partition coefficient (Wildman–Crippen LogP) is 1.20. The number of nitrogens with zero attached hydrogens (tertiary/aromatic N) is 4. The zero-order valence-electron chi connectivity index (χ0n) is 8.55. The van der Waals surface area contributed by atoms with Gasteiger partial charge in [-0.3, -0.25) is 4.98 Å². The molecular formula is C10H12N4O. The third-order valence-corrected chi connectivity index (χ3v) is 2.21. The maximum atomic E-state index is 10.8. The van der Waals surface area contributed by atoms with E-state index in [-0.39, 0.29) is 5.78 Å². The van der Waals surface area contributed by atoms with Crippen LogP contribution in [0.1, 0.15) is 19.8 Å². The van der Waals surface area contributed by atoms with Gasteiger partial charge in [0.2, 0.25) is 0 Å². The van der Waals surface area contributed by atoms with Crippen LogP contribution in [0.5, 0.6) is 0 Å². The maximum absolute atomic E-state index is 10.8. The third kappa shape index (κ3) is 2.18. The fraction of sp³-hybridized carbons (Fsp3) is 0.400. The van der Waals surface area contributed by atoms with Crippen LogP contribution in [-0.4, -0.2) is 25.8 Å². The van der Waals surface area contributed by atoms with Gasteiger partial charge in [-0.2, -0.15) is 0 Å². The number of aryl methyl sites for hydroxylation is 1. The van der Waals surface area contributed by atoms with Gasteiger partial charge in [-0.05, 0) is 19.4 Å². The molecule has 0 N–H and O–H groups in total. The molecule has 2 aromatic rings. The molecule has 0 unspecified atom stereocenters. The molecule has 0 aliphatic heterocycles. The number of hydrogen-bond donors (Lipinski definition) is 0. The first-order valence-electron chi connectivity index (χ1n) is 4.90. The number of fused-ring (bicyclic) bond motifs is 1. The van der Waals surface area contributed by atoms with Crippen LogP contribution < -0.4 is 0 Å². The highest BCUT2D eigenvalue weighted by molar-refractivity contribution is 5.75. The van der Waals surface area contributed by atoms with Crippen molar-refractivity contribution in [2.75, 3.05) is 0 Å². The molecule has 0 aliphatic carbocycles. The molecule has 0 atom stereocenters. The largest absolute Gasteiger partial charge is 0.300 e. The van der Waals surface area contributed by atoms with Crippen molar-refractivity contribution < 1.29 is 4.79 Å². The van der Waals surface area contributed by atoms with Crippen LogP contribution in [0.4, 0.5) is 0 Å². The van der Waals surface area contributed by atoms with E-state index in [0.29, 0.717) is 6.42 Å². The van der Waals surface area contributed by atoms with Crippen molar-refractivity contribution >= 4 is 16.8 Å². The molecule has 0 aliphatic rings. The van der Waals surface area contributed by atoms with Crippen molar-refractivity contribution in [2.45, 2.75) is 26.3 Å². The van der Waals surface area contributed by atoms with E-state index in [4.69, 9.17) is 0 Å². The summed E-state index contributed by atoms with van der Waals surface area (Å²) in [4.78, 5) is 14.7. The predicted molar refractivity (Wildman–Crippen MR) is 55.2 cm³/mol. The molecular weight excluding hydrogens is 192 g/mol. The van der Waals surface area contributed by atoms with Crippen molar-refractivity contribution in [2.24, 2.45) is 0 Å². The van der Waals surface area contributed by atoms with E-state index in [1.54, 1.807) is 24.0 Å². The fourth-order valence-corrected chi connectivity index (χ4v) is 1.47. The van der Waals surface area contributed by atoms with Gasteiger partial charge in [0.25, 0.3) is 0 Å². The van der Waals surface area contributed by atoms with Crippen LogP contribution in [0.15, 0.2) is 18.5 Å². The normalized spacial score (nSPS) is 10.7. The Labute approximate surface area is 87.1 Å². The van der Waals surface area contributed by atoms with Crippen molar-refractivity contribution in [3.05, 3.63) is 18.5 Å². The second-order valence-electron chi connectivity index (χ2n) is 3.48. The number of aromatic nitrogens is 4. The molecule has 5 nitrogen and oxygen atoms in total. The lowest BCUT2D eigenvalue weighted by molar-refractivity contribution is -0.117. The first-order chi connectivity index (χ1) is 7.27. The molecule has 15 heavy (non-hydrogen) atoms. The monoisotopic (exact) mass is 204 g/mol. The maximum Gasteiger partial charge on any atom is 0.131 e. The number of carbonyl (C=O) groups excluding carboxylic acids is 1. The second kappa shape index (κ2) is 4.16. The SMILES string of the molecule is CC(=O)CCCn1nnc2cnccc21. The molecule has 2 aromatic heterocycles. The number of carbonyl (C=O) groups is 1. The molecule has 78 valence electrons. The second-order valence-corrected chi connectivity index (χ2v) is 3.48. The van der Waals surface area contributed by atoms with E-state index in [9.17, 15) is 4.79 Å². The lowest BCUT2D eigenvalue weighted by Crippen LogP contribution is -2.02. The molecule has 0 saturated heterocycles. The molecule has 5 heteroatoms. The summed E-state index contributed by atoms with van der Waals surface area (Å²) in [7, 11) is 0. The van der Waals surface area contributed by atoms with Crippen LogP contribution >= 0.6 is 0 Å². The quantitative estimate of drug-likeness (QED) is 0.750. The fourth-order valence-electron chi connectivity index (χ4n) is 1.47. The van der Waals surface area contributed by atoms with Gasteiger partial charge in [0.15, 0.2) is 0 Å². The molecule has 0 radical (unpaired) electrons. The zero-order valence-corrected chi connectivity index (χ0v) is 8.55. The number of hydrogen-bond acceptors (Lipinski definition) is 4. The van der Waals surface area contributed by atoms with Crippen molar-refractivity contribution in [3.63, 3.8) is 0 Å². The Hall–Kier alpha value is -1.78. The number of pyridine rings is 1. The summed E-state index contributed by atoms with van der Waals surface area (Å²) in [6, 6.07) is 1.88. The lowest BCUT2D eigenvalue weighted by Gasteiger charge is -1.99. The molecule has 0 aromatic carbocycles. The van der Waals surface area contributed by atoms with Gasteiger partial charge in [0.05, 0.1) is 11.7 Å².